The molecule has 122 valence electrons. The van der Waals surface area contributed by atoms with Gasteiger partial charge in [0.15, 0.2) is 0 Å². The van der Waals surface area contributed by atoms with E-state index in [-0.39, 0.29) is 16.6 Å². The molecule has 0 saturated carbocycles. The Bertz CT molecular complexity index is 761. The number of carbonyl (C=O) groups excluding carboxylic acids is 1. The lowest BCUT2D eigenvalue weighted by Gasteiger charge is -2.15. The molecule has 0 aliphatic heterocycles. The molecule has 1 aromatic carbocycles. The van der Waals surface area contributed by atoms with Gasteiger partial charge in [0.1, 0.15) is 11.4 Å². The molecule has 0 N–H and O–H groups in total. The Kier molecular flexibility index (Phi) is 5.20. The fourth-order valence-electron chi connectivity index (χ4n) is 2.12. The van der Waals surface area contributed by atoms with Crippen molar-refractivity contribution in [1.82, 2.24) is 9.97 Å². The molecule has 5 nitrogen and oxygen atoms in total. The molecule has 23 heavy (non-hydrogen) atoms. The molecule has 7 heteroatoms. The first-order valence-electron chi connectivity index (χ1n) is 6.94. The maximum atomic E-state index is 13.2. The highest BCUT2D eigenvalue weighted by molar-refractivity contribution is 7.84. The molecule has 0 radical (unpaired) electrons. The Morgan fingerprint density at radius 1 is 1.22 bits per heavy atom. The fraction of sp³-hybridized carbons (Fsp3) is 0.312. The van der Waals surface area contributed by atoms with E-state index in [9.17, 15) is 13.4 Å². The zero-order chi connectivity index (χ0) is 17.1. The topological polar surface area (TPSA) is 69.2 Å². The van der Waals surface area contributed by atoms with Gasteiger partial charge in [-0.3, -0.25) is 4.21 Å². The summed E-state index contributed by atoms with van der Waals surface area (Å²) in [5, 5.41) is 0.126. The van der Waals surface area contributed by atoms with Crippen LogP contribution in [0, 0.1) is 5.82 Å². The van der Waals surface area contributed by atoms with Crippen LogP contribution in [0.4, 0.5) is 4.39 Å². The van der Waals surface area contributed by atoms with Crippen molar-refractivity contribution in [2.75, 3.05) is 13.4 Å². The number of ether oxygens (including phenoxy) is 1. The minimum absolute atomic E-state index is 0.103. The van der Waals surface area contributed by atoms with Gasteiger partial charge in [-0.2, -0.15) is 0 Å². The second-order valence-corrected chi connectivity index (χ2v) is 6.50. The molecule has 1 atom stereocenters. The predicted molar refractivity (Wildman–Crippen MR) is 85.2 cm³/mol. The van der Waals surface area contributed by atoms with Gasteiger partial charge in [0.2, 0.25) is 5.16 Å². The number of carbonyl (C=O) groups is 1. The number of hydrogen-bond donors (Lipinski definition) is 0. The second kappa shape index (κ2) is 6.95. The van der Waals surface area contributed by atoms with Crippen LogP contribution >= 0.6 is 0 Å². The van der Waals surface area contributed by atoms with Crippen molar-refractivity contribution in [2.24, 2.45) is 0 Å². The zero-order valence-corrected chi connectivity index (χ0v) is 14.1. The standard InChI is InChI=1S/C16H17FN2O3S/c1-9(2)13-12(15(20)22-3)14(19-16(18-13)23(4)21)10-5-7-11(17)8-6-10/h5-9H,1-4H3. The molecule has 0 aliphatic carbocycles. The fourth-order valence-corrected chi connectivity index (χ4v) is 2.57. The summed E-state index contributed by atoms with van der Waals surface area (Å²) in [5.74, 6) is -1.08. The first-order chi connectivity index (χ1) is 10.8. The van der Waals surface area contributed by atoms with Gasteiger partial charge in [-0.1, -0.05) is 13.8 Å². The summed E-state index contributed by atoms with van der Waals surface area (Å²) in [7, 11) is -0.145. The highest BCUT2D eigenvalue weighted by Gasteiger charge is 2.25. The number of esters is 1. The molecule has 0 spiro atoms. The molecule has 0 fully saturated rings. The van der Waals surface area contributed by atoms with Crippen molar-refractivity contribution < 1.29 is 18.1 Å². The molecule has 0 amide bonds. The summed E-state index contributed by atoms with van der Waals surface area (Å²) >= 11 is 0. The first kappa shape index (κ1) is 17.2. The van der Waals surface area contributed by atoms with Gasteiger partial charge in [0, 0.05) is 11.8 Å². The Labute approximate surface area is 136 Å². The van der Waals surface area contributed by atoms with Crippen LogP contribution in [0.15, 0.2) is 29.4 Å². The largest absolute Gasteiger partial charge is 0.465 e. The first-order valence-corrected chi connectivity index (χ1v) is 8.50. The van der Waals surface area contributed by atoms with E-state index in [4.69, 9.17) is 4.74 Å². The average molecular weight is 336 g/mol. The van der Waals surface area contributed by atoms with Gasteiger partial charge in [-0.15, -0.1) is 0 Å². The third kappa shape index (κ3) is 3.61. The SMILES string of the molecule is COC(=O)c1c(-c2ccc(F)cc2)nc(S(C)=O)nc1C(C)C. The molecule has 0 saturated heterocycles. The monoisotopic (exact) mass is 336 g/mol. The van der Waals surface area contributed by atoms with Crippen LogP contribution < -0.4 is 0 Å². The third-order valence-electron chi connectivity index (χ3n) is 3.23. The Balaban J connectivity index is 2.82. The van der Waals surface area contributed by atoms with Crippen LogP contribution in [0.1, 0.15) is 35.8 Å². The van der Waals surface area contributed by atoms with Crippen molar-refractivity contribution in [2.45, 2.75) is 24.9 Å². The van der Waals surface area contributed by atoms with E-state index in [2.05, 4.69) is 9.97 Å². The van der Waals surface area contributed by atoms with Crippen molar-refractivity contribution in [1.29, 1.82) is 0 Å². The molecule has 0 aliphatic rings. The van der Waals surface area contributed by atoms with Crippen LogP contribution in [0.2, 0.25) is 0 Å². The van der Waals surface area contributed by atoms with Gasteiger partial charge < -0.3 is 4.74 Å². The van der Waals surface area contributed by atoms with Gasteiger partial charge in [-0.05, 0) is 30.2 Å². The van der Waals surface area contributed by atoms with Gasteiger partial charge in [0.25, 0.3) is 0 Å². The quantitative estimate of drug-likeness (QED) is 0.634. The number of methoxy groups -OCH3 is 1. The Morgan fingerprint density at radius 3 is 2.30 bits per heavy atom. The number of halogens is 1. The maximum Gasteiger partial charge on any atom is 0.341 e. The molecule has 1 unspecified atom stereocenters. The zero-order valence-electron chi connectivity index (χ0n) is 13.3. The summed E-state index contributed by atoms with van der Waals surface area (Å²) in [6.07, 6.45) is 1.46. The van der Waals surface area contributed by atoms with Crippen molar-refractivity contribution in [3.63, 3.8) is 0 Å². The highest BCUT2D eigenvalue weighted by Crippen LogP contribution is 2.29. The molecular formula is C16H17FN2O3S. The van der Waals surface area contributed by atoms with Crippen molar-refractivity contribution >= 4 is 16.8 Å². The molecule has 2 aromatic rings. The van der Waals surface area contributed by atoms with Crippen molar-refractivity contribution in [3.8, 4) is 11.3 Å². The van der Waals surface area contributed by atoms with E-state index in [1.54, 1.807) is 0 Å². The number of benzene rings is 1. The maximum absolute atomic E-state index is 13.2. The number of rotatable bonds is 4. The van der Waals surface area contributed by atoms with E-state index >= 15 is 0 Å². The van der Waals surface area contributed by atoms with Crippen LogP contribution in [0.25, 0.3) is 11.3 Å². The predicted octanol–water partition coefficient (Wildman–Crippen LogP) is 2.93. The van der Waals surface area contributed by atoms with Crippen molar-refractivity contribution in [3.05, 3.63) is 41.3 Å². The lowest BCUT2D eigenvalue weighted by Crippen LogP contribution is -2.15. The van der Waals surface area contributed by atoms with Crippen LogP contribution in [-0.4, -0.2) is 33.5 Å². The van der Waals surface area contributed by atoms with Crippen LogP contribution in [-0.2, 0) is 15.5 Å². The molecule has 1 heterocycles. The minimum Gasteiger partial charge on any atom is -0.465 e. The molecule has 2 rings (SSSR count). The number of nitrogens with zero attached hydrogens (tertiary/aromatic N) is 2. The average Bonchev–Trinajstić information content (AvgIpc) is 2.53. The molecule has 0 bridgehead atoms. The Morgan fingerprint density at radius 2 is 1.83 bits per heavy atom. The van der Waals surface area contributed by atoms with Crippen LogP contribution in [0.3, 0.4) is 0 Å². The molecule has 1 aromatic heterocycles. The van der Waals surface area contributed by atoms with E-state index in [1.165, 1.54) is 37.6 Å². The third-order valence-corrected chi connectivity index (χ3v) is 3.92. The lowest BCUT2D eigenvalue weighted by molar-refractivity contribution is 0.0598. The highest BCUT2D eigenvalue weighted by atomic mass is 32.2. The normalized spacial score (nSPS) is 12.3. The van der Waals surface area contributed by atoms with Gasteiger partial charge in [0.05, 0.1) is 29.3 Å². The van der Waals surface area contributed by atoms with E-state index in [0.29, 0.717) is 17.0 Å². The van der Waals surface area contributed by atoms with Gasteiger partial charge in [-0.25, -0.2) is 19.2 Å². The lowest BCUT2D eigenvalue weighted by atomic mass is 9.98. The second-order valence-electron chi connectivity index (χ2n) is 5.22. The summed E-state index contributed by atoms with van der Waals surface area (Å²) in [4.78, 5) is 20.7. The van der Waals surface area contributed by atoms with Gasteiger partial charge >= 0.3 is 5.97 Å². The van der Waals surface area contributed by atoms with E-state index < -0.39 is 22.6 Å². The smallest absolute Gasteiger partial charge is 0.341 e. The number of hydrogen-bond acceptors (Lipinski definition) is 5. The van der Waals surface area contributed by atoms with E-state index in [0.717, 1.165) is 0 Å². The summed E-state index contributed by atoms with van der Waals surface area (Å²) < 4.78 is 29.8. The summed E-state index contributed by atoms with van der Waals surface area (Å²) in [5.41, 5.74) is 1.49. The van der Waals surface area contributed by atoms with E-state index in [1.807, 2.05) is 13.8 Å². The Hall–Kier alpha value is -2.15. The summed E-state index contributed by atoms with van der Waals surface area (Å²) in [6.45, 7) is 3.73. The molecular weight excluding hydrogens is 319 g/mol. The van der Waals surface area contributed by atoms with Crippen LogP contribution in [0.5, 0.6) is 0 Å². The minimum atomic E-state index is -1.42. The summed E-state index contributed by atoms with van der Waals surface area (Å²) in [6, 6.07) is 5.57. The number of aromatic nitrogens is 2.